The monoisotopic (exact) mass is 664 g/mol. The molecule has 0 aliphatic rings. The first-order valence-corrected chi connectivity index (χ1v) is 13.4. The number of hydrogen-bond acceptors (Lipinski definition) is 6. The van der Waals surface area contributed by atoms with Gasteiger partial charge in [0.05, 0.1) is 5.69 Å². The normalized spacial score (nSPS) is 12.0. The van der Waals surface area contributed by atoms with E-state index in [2.05, 4.69) is 30.1 Å². The molecule has 0 N–H and O–H groups in total. The number of hydrogen-bond donors (Lipinski definition) is 0. The van der Waals surface area contributed by atoms with E-state index in [1.165, 1.54) is 30.6 Å². The Labute approximate surface area is 237 Å². The standard InChI is InChI=1S/C24H17F6N8P.Ru/c1-39(2)17-11-7-10-16(37-19(14-8-3-5-12-31-14)33-21(35-37)23(25,26)27)18(17)38-20(15-9-4-6-13-32-15)34-22(36-38)24(28,29)30;/h3-13H,1-2H3;/q;+2. The van der Waals surface area contributed by atoms with Gasteiger partial charge in [0.1, 0.15) is 17.1 Å². The summed E-state index contributed by atoms with van der Waals surface area (Å²) < 4.78 is 84.5. The third-order valence-electron chi connectivity index (χ3n) is 5.42. The largest absolute Gasteiger partial charge is 2.00 e. The van der Waals surface area contributed by atoms with Gasteiger partial charge in [-0.2, -0.15) is 26.3 Å². The zero-order valence-corrected chi connectivity index (χ0v) is 23.1. The molecule has 0 atom stereocenters. The summed E-state index contributed by atoms with van der Waals surface area (Å²) in [4.78, 5) is 15.7. The topological polar surface area (TPSA) is 87.2 Å². The van der Waals surface area contributed by atoms with Gasteiger partial charge in [-0.1, -0.05) is 32.2 Å². The Bertz CT molecular complexity index is 1620. The number of benzene rings is 1. The SMILES string of the molecule is CP(C)c1cccc(-n2nc(C(F)(F)F)nc2-c2ccccn2)c1-n1nc(C(F)(F)F)nc1-c1ccccn1.[Ru+2]. The van der Waals surface area contributed by atoms with E-state index in [1.807, 2.05) is 13.3 Å². The molecular weight excluding hydrogens is 646 g/mol. The van der Waals surface area contributed by atoms with Crippen LogP contribution >= 0.6 is 7.92 Å². The number of halogens is 6. The van der Waals surface area contributed by atoms with Gasteiger partial charge in [0.25, 0.3) is 11.6 Å². The average Bonchev–Trinajstić information content (AvgIpc) is 3.55. The van der Waals surface area contributed by atoms with E-state index >= 15 is 0 Å². The molecule has 0 amide bonds. The summed E-state index contributed by atoms with van der Waals surface area (Å²) in [6, 6.07) is 13.9. The fraction of sp³-hybridized carbons (Fsp3) is 0.167. The van der Waals surface area contributed by atoms with Gasteiger partial charge in [0, 0.05) is 17.7 Å². The van der Waals surface area contributed by atoms with Crippen molar-refractivity contribution in [3.05, 3.63) is 78.6 Å². The third kappa shape index (κ3) is 5.66. The molecule has 8 nitrogen and oxygen atoms in total. The quantitative estimate of drug-likeness (QED) is 0.143. The maximum absolute atomic E-state index is 13.8. The molecule has 0 aliphatic carbocycles. The maximum atomic E-state index is 13.8. The van der Waals surface area contributed by atoms with Crippen LogP contribution in [0.5, 0.6) is 0 Å². The summed E-state index contributed by atoms with van der Waals surface area (Å²) in [6.45, 7) is 3.70. The number of para-hydroxylation sites is 1. The number of pyridine rings is 2. The fourth-order valence-electron chi connectivity index (χ4n) is 3.78. The second-order valence-corrected chi connectivity index (χ2v) is 10.6. The second-order valence-electron chi connectivity index (χ2n) is 8.31. The second kappa shape index (κ2) is 11.1. The zero-order chi connectivity index (χ0) is 27.9. The molecule has 5 rings (SSSR count). The van der Waals surface area contributed by atoms with Crippen molar-refractivity contribution in [2.75, 3.05) is 13.3 Å². The number of aromatic nitrogens is 8. The molecular formula is C24H17F6N8PRu+2. The predicted molar refractivity (Wildman–Crippen MR) is 131 cm³/mol. The molecule has 0 saturated heterocycles. The van der Waals surface area contributed by atoms with Crippen LogP contribution in [0.2, 0.25) is 0 Å². The first-order chi connectivity index (χ1) is 18.4. The minimum atomic E-state index is -4.90. The van der Waals surface area contributed by atoms with E-state index in [0.717, 1.165) is 9.36 Å². The molecule has 40 heavy (non-hydrogen) atoms. The third-order valence-corrected chi connectivity index (χ3v) is 6.75. The van der Waals surface area contributed by atoms with Gasteiger partial charge in [0.15, 0.2) is 11.6 Å². The molecule has 0 fully saturated rings. The molecule has 0 radical (unpaired) electrons. The predicted octanol–water partition coefficient (Wildman–Crippen LogP) is 5.37. The molecule has 0 bridgehead atoms. The van der Waals surface area contributed by atoms with Gasteiger partial charge >= 0.3 is 31.8 Å². The van der Waals surface area contributed by atoms with Gasteiger partial charge in [-0.25, -0.2) is 19.3 Å². The zero-order valence-electron chi connectivity index (χ0n) is 20.5. The van der Waals surface area contributed by atoms with Crippen molar-refractivity contribution in [2.24, 2.45) is 0 Å². The Morgan fingerprint density at radius 1 is 0.650 bits per heavy atom. The Balaban J connectivity index is 0.00000370. The van der Waals surface area contributed by atoms with E-state index in [1.54, 1.807) is 36.4 Å². The minimum Gasteiger partial charge on any atom is -0.253 e. The minimum absolute atomic E-state index is 0. The van der Waals surface area contributed by atoms with Gasteiger partial charge in [0.2, 0.25) is 0 Å². The van der Waals surface area contributed by atoms with Crippen molar-refractivity contribution in [2.45, 2.75) is 12.4 Å². The number of nitrogens with zero attached hydrogens (tertiary/aromatic N) is 8. The molecule has 1 aromatic carbocycles. The van der Waals surface area contributed by atoms with E-state index in [0.29, 0.717) is 5.30 Å². The summed E-state index contributed by atoms with van der Waals surface area (Å²) in [6.07, 6.45) is -7.04. The van der Waals surface area contributed by atoms with Crippen LogP contribution in [-0.4, -0.2) is 52.8 Å². The van der Waals surface area contributed by atoms with Crippen molar-refractivity contribution >= 4 is 13.2 Å². The summed E-state index contributed by atoms with van der Waals surface area (Å²) in [5, 5.41) is 8.02. The molecule has 5 aromatic rings. The average molecular weight is 663 g/mol. The smallest absolute Gasteiger partial charge is 0.253 e. The molecule has 0 unspecified atom stereocenters. The Morgan fingerprint density at radius 3 is 1.60 bits per heavy atom. The van der Waals surface area contributed by atoms with Crippen LogP contribution in [0, 0.1) is 0 Å². The van der Waals surface area contributed by atoms with Gasteiger partial charge < -0.3 is 0 Å². The summed E-state index contributed by atoms with van der Waals surface area (Å²) in [7, 11) is -1.02. The summed E-state index contributed by atoms with van der Waals surface area (Å²) in [5.74, 6) is -3.37. The molecule has 0 saturated carbocycles. The molecule has 4 aromatic heterocycles. The molecule has 0 spiro atoms. The maximum Gasteiger partial charge on any atom is 2.00 e. The Hall–Kier alpha value is -3.57. The van der Waals surface area contributed by atoms with Crippen molar-refractivity contribution in [1.29, 1.82) is 0 Å². The van der Waals surface area contributed by atoms with Crippen molar-refractivity contribution in [1.82, 2.24) is 39.5 Å². The first kappa shape index (κ1) is 29.4. The van der Waals surface area contributed by atoms with Gasteiger partial charge in [-0.15, -0.1) is 10.2 Å². The Kier molecular flexibility index (Phi) is 8.19. The van der Waals surface area contributed by atoms with E-state index in [-0.39, 0.29) is 53.9 Å². The molecule has 16 heteroatoms. The molecule has 206 valence electrons. The van der Waals surface area contributed by atoms with Gasteiger partial charge in [-0.05, 0) is 43.7 Å². The number of alkyl halides is 6. The first-order valence-electron chi connectivity index (χ1n) is 11.2. The molecule has 4 heterocycles. The van der Waals surface area contributed by atoms with Crippen LogP contribution in [-0.2, 0) is 31.8 Å². The summed E-state index contributed by atoms with van der Waals surface area (Å²) >= 11 is 0. The van der Waals surface area contributed by atoms with Crippen LogP contribution in [0.4, 0.5) is 26.3 Å². The Morgan fingerprint density at radius 2 is 1.15 bits per heavy atom. The summed E-state index contributed by atoms with van der Waals surface area (Å²) in [5.41, 5.74) is 0.222. The fourth-order valence-corrected chi connectivity index (χ4v) is 4.80. The van der Waals surface area contributed by atoms with Crippen LogP contribution in [0.15, 0.2) is 67.0 Å². The van der Waals surface area contributed by atoms with Crippen LogP contribution < -0.4 is 5.30 Å². The van der Waals surface area contributed by atoms with Crippen molar-refractivity contribution in [3.8, 4) is 34.4 Å². The van der Waals surface area contributed by atoms with Crippen LogP contribution in [0.3, 0.4) is 0 Å². The van der Waals surface area contributed by atoms with Crippen LogP contribution in [0.25, 0.3) is 34.4 Å². The van der Waals surface area contributed by atoms with Crippen molar-refractivity contribution < 1.29 is 45.8 Å². The molecule has 0 aliphatic heterocycles. The van der Waals surface area contributed by atoms with Crippen molar-refractivity contribution in [3.63, 3.8) is 0 Å². The van der Waals surface area contributed by atoms with E-state index in [4.69, 9.17) is 0 Å². The van der Waals surface area contributed by atoms with Crippen LogP contribution in [0.1, 0.15) is 11.6 Å². The van der Waals surface area contributed by atoms with E-state index < -0.39 is 31.9 Å². The number of rotatable bonds is 5. The van der Waals surface area contributed by atoms with E-state index in [9.17, 15) is 26.3 Å². The van der Waals surface area contributed by atoms with Gasteiger partial charge in [-0.3, -0.25) is 9.97 Å².